The standard InChI is InChI=1S/C18H19N3O2S2/c1-12(9-23-2)21-16(22)10-24-17-14-8-15(13-6-4-3-5-7-13)25-18(14)20-11-19-17/h3-8,11-12H,9-10H2,1-2H3,(H,21,22)/t12-/m0/s1. The zero-order valence-electron chi connectivity index (χ0n) is 14.1. The van der Waals surface area contributed by atoms with Crippen LogP contribution in [-0.2, 0) is 9.53 Å². The Kier molecular flexibility index (Phi) is 6.01. The number of nitrogens with one attached hydrogen (secondary N) is 1. The van der Waals surface area contributed by atoms with Crippen LogP contribution in [0.15, 0.2) is 47.8 Å². The lowest BCUT2D eigenvalue weighted by molar-refractivity contribution is -0.119. The average Bonchev–Trinajstić information content (AvgIpc) is 3.05. The fourth-order valence-corrected chi connectivity index (χ4v) is 4.29. The van der Waals surface area contributed by atoms with E-state index in [1.54, 1.807) is 24.8 Å². The topological polar surface area (TPSA) is 64.1 Å². The van der Waals surface area contributed by atoms with E-state index in [4.69, 9.17) is 4.74 Å². The molecule has 2 heterocycles. The minimum Gasteiger partial charge on any atom is -0.383 e. The molecule has 0 aliphatic rings. The number of benzene rings is 1. The molecule has 0 unspecified atom stereocenters. The molecule has 1 N–H and O–H groups in total. The van der Waals surface area contributed by atoms with Gasteiger partial charge in [-0.3, -0.25) is 4.79 Å². The van der Waals surface area contributed by atoms with Crippen molar-refractivity contribution in [1.29, 1.82) is 0 Å². The molecule has 3 aromatic rings. The summed E-state index contributed by atoms with van der Waals surface area (Å²) in [5.74, 6) is 0.288. The first kappa shape index (κ1) is 17.8. The summed E-state index contributed by atoms with van der Waals surface area (Å²) in [5, 5.41) is 4.73. The zero-order valence-corrected chi connectivity index (χ0v) is 15.7. The van der Waals surface area contributed by atoms with Crippen molar-refractivity contribution in [2.45, 2.75) is 18.0 Å². The minimum atomic E-state index is -0.0279. The number of fused-ring (bicyclic) bond motifs is 1. The third kappa shape index (κ3) is 4.56. The number of nitrogens with zero attached hydrogens (tertiary/aromatic N) is 2. The Morgan fingerprint density at radius 3 is 2.88 bits per heavy atom. The average molecular weight is 374 g/mol. The smallest absolute Gasteiger partial charge is 0.230 e. The van der Waals surface area contributed by atoms with Crippen LogP contribution < -0.4 is 5.32 Å². The summed E-state index contributed by atoms with van der Waals surface area (Å²) in [7, 11) is 1.62. The highest BCUT2D eigenvalue weighted by molar-refractivity contribution is 8.00. The molecule has 0 saturated carbocycles. The molecule has 0 spiro atoms. The molecule has 130 valence electrons. The number of thioether (sulfide) groups is 1. The van der Waals surface area contributed by atoms with Gasteiger partial charge in [-0.15, -0.1) is 11.3 Å². The highest BCUT2D eigenvalue weighted by atomic mass is 32.2. The normalized spacial score (nSPS) is 12.2. The van der Waals surface area contributed by atoms with E-state index in [9.17, 15) is 4.79 Å². The van der Waals surface area contributed by atoms with Crippen molar-refractivity contribution in [2.24, 2.45) is 0 Å². The van der Waals surface area contributed by atoms with Gasteiger partial charge in [-0.05, 0) is 18.6 Å². The summed E-state index contributed by atoms with van der Waals surface area (Å²) in [5.41, 5.74) is 1.16. The second-order valence-corrected chi connectivity index (χ2v) is 7.58. The Labute approximate surface area is 154 Å². The van der Waals surface area contributed by atoms with E-state index in [0.29, 0.717) is 12.4 Å². The number of hydrogen-bond donors (Lipinski definition) is 1. The van der Waals surface area contributed by atoms with Gasteiger partial charge in [0.25, 0.3) is 0 Å². The first-order valence-electron chi connectivity index (χ1n) is 7.88. The van der Waals surface area contributed by atoms with Crippen LogP contribution >= 0.6 is 23.1 Å². The second kappa shape index (κ2) is 8.42. The number of rotatable bonds is 7. The van der Waals surface area contributed by atoms with E-state index in [0.717, 1.165) is 25.7 Å². The fraction of sp³-hybridized carbons (Fsp3) is 0.278. The molecule has 1 amide bonds. The lowest BCUT2D eigenvalue weighted by Crippen LogP contribution is -2.36. The van der Waals surface area contributed by atoms with Crippen LogP contribution in [0.1, 0.15) is 6.92 Å². The Hall–Kier alpha value is -1.96. The van der Waals surface area contributed by atoms with E-state index >= 15 is 0 Å². The number of aromatic nitrogens is 2. The number of thiophene rings is 1. The molecule has 1 aromatic carbocycles. The summed E-state index contributed by atoms with van der Waals surface area (Å²) < 4.78 is 5.03. The third-order valence-corrected chi connectivity index (χ3v) is 5.61. The Morgan fingerprint density at radius 2 is 2.12 bits per heavy atom. The van der Waals surface area contributed by atoms with Crippen molar-refractivity contribution in [1.82, 2.24) is 15.3 Å². The maximum Gasteiger partial charge on any atom is 0.230 e. The zero-order chi connectivity index (χ0) is 17.6. The van der Waals surface area contributed by atoms with Gasteiger partial charge in [0.1, 0.15) is 16.2 Å². The molecular formula is C18H19N3O2S2. The summed E-state index contributed by atoms with van der Waals surface area (Å²) >= 11 is 3.06. The van der Waals surface area contributed by atoms with E-state index in [-0.39, 0.29) is 11.9 Å². The van der Waals surface area contributed by atoms with E-state index < -0.39 is 0 Å². The molecule has 1 atom stereocenters. The SMILES string of the molecule is COC[C@H](C)NC(=O)CSc1ncnc2sc(-c3ccccc3)cc12. The molecule has 5 nitrogen and oxygen atoms in total. The van der Waals surface area contributed by atoms with Gasteiger partial charge >= 0.3 is 0 Å². The molecule has 0 bridgehead atoms. The van der Waals surface area contributed by atoms with Gasteiger partial charge in [-0.2, -0.15) is 0 Å². The second-order valence-electron chi connectivity index (χ2n) is 5.59. The molecular weight excluding hydrogens is 354 g/mol. The van der Waals surface area contributed by atoms with Crippen molar-refractivity contribution >= 4 is 39.2 Å². The van der Waals surface area contributed by atoms with Crippen molar-refractivity contribution < 1.29 is 9.53 Å². The van der Waals surface area contributed by atoms with E-state index in [2.05, 4.69) is 33.5 Å². The van der Waals surface area contributed by atoms with Crippen LogP contribution in [0.3, 0.4) is 0 Å². The van der Waals surface area contributed by atoms with Gasteiger partial charge in [0.05, 0.1) is 12.4 Å². The maximum absolute atomic E-state index is 12.0. The number of amides is 1. The molecule has 0 aliphatic carbocycles. The Morgan fingerprint density at radius 1 is 1.32 bits per heavy atom. The van der Waals surface area contributed by atoms with Gasteiger partial charge in [-0.25, -0.2) is 9.97 Å². The minimum absolute atomic E-state index is 0.00523. The monoisotopic (exact) mass is 373 g/mol. The van der Waals surface area contributed by atoms with Crippen molar-refractivity contribution in [3.05, 3.63) is 42.7 Å². The lowest BCUT2D eigenvalue weighted by Gasteiger charge is -2.12. The van der Waals surface area contributed by atoms with Crippen LogP contribution in [0.5, 0.6) is 0 Å². The molecule has 0 saturated heterocycles. The Balaban J connectivity index is 1.74. The van der Waals surface area contributed by atoms with Crippen LogP contribution in [0.2, 0.25) is 0 Å². The first-order valence-corrected chi connectivity index (χ1v) is 9.68. The molecule has 3 rings (SSSR count). The number of carbonyl (C=O) groups is 1. The van der Waals surface area contributed by atoms with Gasteiger partial charge in [0, 0.05) is 23.4 Å². The maximum atomic E-state index is 12.0. The van der Waals surface area contributed by atoms with Crippen molar-refractivity contribution in [2.75, 3.05) is 19.5 Å². The summed E-state index contributed by atoms with van der Waals surface area (Å²) in [4.78, 5) is 22.8. The molecule has 0 aliphatic heterocycles. The largest absolute Gasteiger partial charge is 0.383 e. The van der Waals surface area contributed by atoms with E-state index in [1.807, 2.05) is 25.1 Å². The van der Waals surface area contributed by atoms with E-state index in [1.165, 1.54) is 11.8 Å². The predicted molar refractivity (Wildman–Crippen MR) is 103 cm³/mol. The number of methoxy groups -OCH3 is 1. The van der Waals surface area contributed by atoms with Crippen LogP contribution in [0.25, 0.3) is 20.7 Å². The van der Waals surface area contributed by atoms with Crippen LogP contribution in [-0.4, -0.2) is 41.4 Å². The summed E-state index contributed by atoms with van der Waals surface area (Å²) in [6.07, 6.45) is 1.56. The number of carbonyl (C=O) groups excluding carboxylic acids is 1. The highest BCUT2D eigenvalue weighted by Crippen LogP contribution is 2.35. The summed E-state index contributed by atoms with van der Waals surface area (Å²) in [6, 6.07) is 12.3. The molecule has 0 fully saturated rings. The predicted octanol–water partition coefficient (Wildman–Crippen LogP) is 3.60. The molecule has 25 heavy (non-hydrogen) atoms. The van der Waals surface area contributed by atoms with Crippen molar-refractivity contribution in [3.8, 4) is 10.4 Å². The number of hydrogen-bond acceptors (Lipinski definition) is 6. The molecule has 7 heteroatoms. The van der Waals surface area contributed by atoms with Crippen LogP contribution in [0.4, 0.5) is 0 Å². The fourth-order valence-electron chi connectivity index (χ4n) is 2.44. The van der Waals surface area contributed by atoms with Crippen LogP contribution in [0, 0.1) is 0 Å². The summed E-state index contributed by atoms with van der Waals surface area (Å²) in [6.45, 7) is 2.42. The third-order valence-electron chi connectivity index (χ3n) is 3.52. The van der Waals surface area contributed by atoms with Gasteiger partial charge in [0.2, 0.25) is 5.91 Å². The van der Waals surface area contributed by atoms with Gasteiger partial charge in [0.15, 0.2) is 0 Å². The molecule has 0 radical (unpaired) electrons. The van der Waals surface area contributed by atoms with Gasteiger partial charge in [-0.1, -0.05) is 42.1 Å². The molecule has 2 aromatic heterocycles. The quantitative estimate of drug-likeness (QED) is 0.506. The Bertz CT molecular complexity index is 852. The highest BCUT2D eigenvalue weighted by Gasteiger charge is 2.13. The number of ether oxygens (including phenoxy) is 1. The first-order chi connectivity index (χ1) is 12.2. The van der Waals surface area contributed by atoms with Gasteiger partial charge < -0.3 is 10.1 Å². The lowest BCUT2D eigenvalue weighted by atomic mass is 10.2. The van der Waals surface area contributed by atoms with Crippen molar-refractivity contribution in [3.63, 3.8) is 0 Å².